The molecule has 0 aliphatic carbocycles. The molecule has 0 saturated carbocycles. The largest absolute Gasteiger partial charge is 0.242 e. The van der Waals surface area contributed by atoms with Crippen LogP contribution in [0.4, 0.5) is 0 Å². The van der Waals surface area contributed by atoms with Gasteiger partial charge in [-0.05, 0) is 0 Å². The van der Waals surface area contributed by atoms with E-state index in [9.17, 15) is 8.42 Å². The number of sulfonamides is 1. The van der Waals surface area contributed by atoms with Crippen LogP contribution in [0.5, 0.6) is 0 Å². The lowest BCUT2D eigenvalue weighted by molar-refractivity contribution is 0.603. The van der Waals surface area contributed by atoms with Crippen LogP contribution < -0.4 is 4.13 Å². The van der Waals surface area contributed by atoms with Gasteiger partial charge in [0, 0.05) is 5.41 Å². The molecule has 0 bridgehead atoms. The first kappa shape index (κ1) is 7.00. The highest BCUT2D eigenvalue weighted by molar-refractivity contribution is 8.02. The van der Waals surface area contributed by atoms with Gasteiger partial charge < -0.3 is 0 Å². The molecule has 0 spiro atoms. The minimum atomic E-state index is -3.28. The Bertz CT molecular complexity index is 147. The molecular formula is C2H5NO2S2. The smallest absolute Gasteiger partial charge is 0.207 e. The summed E-state index contributed by atoms with van der Waals surface area (Å²) >= 11 is 3.27. The SMILES string of the molecule is C=CS(=O)(=O)NS. The van der Waals surface area contributed by atoms with Crippen molar-refractivity contribution < 1.29 is 8.42 Å². The second-order valence-electron chi connectivity index (χ2n) is 0.803. The third-order valence-electron chi connectivity index (χ3n) is 0.347. The van der Waals surface area contributed by atoms with E-state index in [1.165, 1.54) is 0 Å². The molecule has 0 aliphatic heterocycles. The maximum absolute atomic E-state index is 10.1. The Labute approximate surface area is 48.0 Å². The fraction of sp³-hybridized carbons (Fsp3) is 0. The van der Waals surface area contributed by atoms with Crippen LogP contribution in [0.1, 0.15) is 0 Å². The van der Waals surface area contributed by atoms with Gasteiger partial charge in [0.1, 0.15) is 0 Å². The van der Waals surface area contributed by atoms with Gasteiger partial charge in [-0.3, -0.25) is 0 Å². The van der Waals surface area contributed by atoms with Crippen molar-refractivity contribution in [1.82, 2.24) is 4.13 Å². The van der Waals surface area contributed by atoms with Crippen LogP contribution in [0.25, 0.3) is 0 Å². The Hall–Kier alpha value is -0.0000000000000000555. The lowest BCUT2D eigenvalue weighted by Crippen LogP contribution is -2.07. The average molecular weight is 139 g/mol. The molecule has 0 aliphatic rings. The lowest BCUT2D eigenvalue weighted by atomic mass is 11.3. The maximum atomic E-state index is 10.1. The molecule has 7 heavy (non-hydrogen) atoms. The molecule has 0 rings (SSSR count). The summed E-state index contributed by atoms with van der Waals surface area (Å²) in [6.45, 7) is 3.00. The summed E-state index contributed by atoms with van der Waals surface area (Å²) in [5.41, 5.74) is 0. The third kappa shape index (κ3) is 2.67. The summed E-state index contributed by atoms with van der Waals surface area (Å²) in [7, 11) is -3.28. The van der Waals surface area contributed by atoms with E-state index in [0.29, 0.717) is 0 Å². The van der Waals surface area contributed by atoms with E-state index < -0.39 is 10.0 Å². The van der Waals surface area contributed by atoms with Gasteiger partial charge in [0.25, 0.3) is 0 Å². The molecule has 0 heterocycles. The maximum Gasteiger partial charge on any atom is 0.242 e. The molecule has 42 valence electrons. The van der Waals surface area contributed by atoms with E-state index >= 15 is 0 Å². The van der Waals surface area contributed by atoms with Crippen LogP contribution in [0.2, 0.25) is 0 Å². The molecule has 0 radical (unpaired) electrons. The Morgan fingerprint density at radius 3 is 2.14 bits per heavy atom. The summed E-state index contributed by atoms with van der Waals surface area (Å²) in [5.74, 6) is 0. The Morgan fingerprint density at radius 2 is 2.14 bits per heavy atom. The fourth-order valence-corrected chi connectivity index (χ4v) is 0.335. The highest BCUT2D eigenvalue weighted by Gasteiger charge is 1.94. The average Bonchev–Trinajstić information content (AvgIpc) is 1.68. The van der Waals surface area contributed by atoms with Crippen LogP contribution in [0.3, 0.4) is 0 Å². The van der Waals surface area contributed by atoms with E-state index in [4.69, 9.17) is 0 Å². The molecule has 0 atom stereocenters. The first-order valence-electron chi connectivity index (χ1n) is 1.41. The van der Waals surface area contributed by atoms with Crippen LogP contribution >= 0.6 is 12.8 Å². The highest BCUT2D eigenvalue weighted by Crippen LogP contribution is 1.81. The first-order chi connectivity index (χ1) is 3.12. The molecule has 5 heteroatoms. The molecule has 0 amide bonds. The quantitative estimate of drug-likeness (QED) is 0.524. The predicted octanol–water partition coefficient (Wildman–Crippen LogP) is -0.106. The first-order valence-corrected chi connectivity index (χ1v) is 3.40. The fourth-order valence-electron chi connectivity index (χ4n) is 0.0373. The third-order valence-corrected chi connectivity index (χ3v) is 1.80. The molecule has 0 aromatic heterocycles. The molecule has 0 aromatic rings. The predicted molar refractivity (Wildman–Crippen MR) is 31.2 cm³/mol. The van der Waals surface area contributed by atoms with Crippen molar-refractivity contribution in [2.75, 3.05) is 0 Å². The van der Waals surface area contributed by atoms with Crippen molar-refractivity contribution in [3.8, 4) is 0 Å². The van der Waals surface area contributed by atoms with Gasteiger partial charge in [-0.2, -0.15) is 4.13 Å². The van der Waals surface area contributed by atoms with E-state index in [2.05, 4.69) is 19.4 Å². The molecule has 3 nitrogen and oxygen atoms in total. The van der Waals surface area contributed by atoms with E-state index in [1.807, 2.05) is 0 Å². The Morgan fingerprint density at radius 1 is 1.71 bits per heavy atom. The summed E-state index contributed by atoms with van der Waals surface area (Å²) in [6, 6.07) is 0. The molecule has 0 unspecified atom stereocenters. The normalized spacial score (nSPS) is 11.0. The summed E-state index contributed by atoms with van der Waals surface area (Å²) in [5, 5.41) is 0.778. The van der Waals surface area contributed by atoms with Crippen molar-refractivity contribution in [2.45, 2.75) is 0 Å². The van der Waals surface area contributed by atoms with E-state index in [-0.39, 0.29) is 0 Å². The van der Waals surface area contributed by atoms with Crippen LogP contribution in [-0.2, 0) is 10.0 Å². The van der Waals surface area contributed by atoms with Crippen LogP contribution in [0, 0.1) is 0 Å². The Balaban J connectivity index is 4.17. The van der Waals surface area contributed by atoms with Crippen molar-refractivity contribution in [3.05, 3.63) is 12.0 Å². The topological polar surface area (TPSA) is 46.2 Å². The van der Waals surface area contributed by atoms with E-state index in [1.54, 1.807) is 4.13 Å². The number of nitrogens with one attached hydrogen (secondary N) is 1. The van der Waals surface area contributed by atoms with Crippen LogP contribution in [-0.4, -0.2) is 8.42 Å². The van der Waals surface area contributed by atoms with Crippen molar-refractivity contribution >= 4 is 22.8 Å². The molecule has 0 fully saturated rings. The number of thiol groups is 1. The van der Waals surface area contributed by atoms with Gasteiger partial charge in [-0.1, -0.05) is 19.4 Å². The lowest BCUT2D eigenvalue weighted by Gasteiger charge is -1.86. The Kier molecular flexibility index (Phi) is 2.34. The van der Waals surface area contributed by atoms with Gasteiger partial charge in [-0.25, -0.2) is 8.42 Å². The monoisotopic (exact) mass is 139 g/mol. The second kappa shape index (κ2) is 2.34. The molecule has 0 aromatic carbocycles. The number of hydrogen-bond donors (Lipinski definition) is 2. The number of rotatable bonds is 2. The van der Waals surface area contributed by atoms with Crippen molar-refractivity contribution in [3.63, 3.8) is 0 Å². The minimum absolute atomic E-state index is 0.778. The van der Waals surface area contributed by atoms with E-state index in [0.717, 1.165) is 5.41 Å². The zero-order valence-corrected chi connectivity index (χ0v) is 5.17. The standard InChI is InChI=1S/C2H5NO2S2/c1-2-7(4,5)3-6/h2-3,6H,1H2. The molecule has 1 N–H and O–H groups in total. The van der Waals surface area contributed by atoms with Gasteiger partial charge in [-0.15, -0.1) is 0 Å². The van der Waals surface area contributed by atoms with Crippen molar-refractivity contribution in [2.24, 2.45) is 0 Å². The number of hydrogen-bond acceptors (Lipinski definition) is 3. The molecular weight excluding hydrogens is 134 g/mol. The minimum Gasteiger partial charge on any atom is -0.207 e. The second-order valence-corrected chi connectivity index (χ2v) is 2.96. The van der Waals surface area contributed by atoms with Gasteiger partial charge in [0.05, 0.1) is 0 Å². The van der Waals surface area contributed by atoms with Crippen LogP contribution in [0.15, 0.2) is 12.0 Å². The summed E-state index contributed by atoms with van der Waals surface area (Å²) in [4.78, 5) is 0. The van der Waals surface area contributed by atoms with Gasteiger partial charge in [0.2, 0.25) is 10.0 Å². The highest BCUT2D eigenvalue weighted by atomic mass is 32.3. The van der Waals surface area contributed by atoms with Crippen molar-refractivity contribution in [1.29, 1.82) is 0 Å². The van der Waals surface area contributed by atoms with Gasteiger partial charge in [0.15, 0.2) is 0 Å². The molecule has 0 saturated heterocycles. The summed E-state index contributed by atoms with van der Waals surface area (Å²) in [6.07, 6.45) is 0. The zero-order chi connectivity index (χ0) is 5.91. The van der Waals surface area contributed by atoms with Gasteiger partial charge >= 0.3 is 0 Å². The zero-order valence-electron chi connectivity index (χ0n) is 3.46. The summed E-state index contributed by atoms with van der Waals surface area (Å²) < 4.78 is 21.9.